The van der Waals surface area contributed by atoms with E-state index in [1.165, 1.54) is 44.9 Å². The van der Waals surface area contributed by atoms with Crippen LogP contribution in [0.15, 0.2) is 0 Å². The lowest BCUT2D eigenvalue weighted by Gasteiger charge is -2.62. The van der Waals surface area contributed by atoms with Gasteiger partial charge in [-0.15, -0.1) is 0 Å². The molecule has 0 spiro atoms. The van der Waals surface area contributed by atoms with E-state index in [-0.39, 0.29) is 17.4 Å². The van der Waals surface area contributed by atoms with Gasteiger partial charge in [0.15, 0.2) is 0 Å². The summed E-state index contributed by atoms with van der Waals surface area (Å²) >= 11 is 0. The highest BCUT2D eigenvalue weighted by Crippen LogP contribution is 2.68. The van der Waals surface area contributed by atoms with Gasteiger partial charge in [-0.1, -0.05) is 34.6 Å². The van der Waals surface area contributed by atoms with Crippen molar-refractivity contribution < 1.29 is 22.3 Å². The van der Waals surface area contributed by atoms with Crippen molar-refractivity contribution in [3.05, 3.63) is 0 Å². The first-order chi connectivity index (χ1) is 20.3. The van der Waals surface area contributed by atoms with Crippen LogP contribution in [0.3, 0.4) is 0 Å². The molecule has 0 aromatic heterocycles. The fourth-order valence-corrected chi connectivity index (χ4v) is 11.3. The van der Waals surface area contributed by atoms with Crippen LogP contribution in [-0.2, 0) is 14.6 Å². The predicted molar refractivity (Wildman–Crippen MR) is 174 cm³/mol. The molecule has 0 amide bonds. The largest absolute Gasteiger partial charge is 0.397 e. The lowest BCUT2D eigenvalue weighted by atomic mass is 9.43. The van der Waals surface area contributed by atoms with Crippen molar-refractivity contribution in [1.29, 1.82) is 0 Å². The summed E-state index contributed by atoms with van der Waals surface area (Å²) in [6.07, 6.45) is 13.7. The molecular weight excluding hydrogens is 562 g/mol. The Labute approximate surface area is 263 Å². The Kier molecular flexibility index (Phi) is 12.5. The molecule has 4 aliphatic rings. The molecule has 0 radical (unpaired) electrons. The van der Waals surface area contributed by atoms with Crippen LogP contribution in [0.4, 0.5) is 0 Å². The van der Waals surface area contributed by atoms with Crippen LogP contribution in [0, 0.1) is 52.3 Å². The van der Waals surface area contributed by atoms with Crippen LogP contribution in [-0.4, -0.2) is 62.5 Å². The molecule has 4 saturated carbocycles. The molecule has 252 valence electrons. The van der Waals surface area contributed by atoms with Crippen molar-refractivity contribution in [2.45, 2.75) is 136 Å². The van der Waals surface area contributed by atoms with Crippen LogP contribution < -0.4 is 16.4 Å². The molecule has 11 atom stereocenters. The molecule has 9 heteroatoms. The molecule has 0 bridgehead atoms. The summed E-state index contributed by atoms with van der Waals surface area (Å²) < 4.78 is 37.1. The van der Waals surface area contributed by atoms with Crippen LogP contribution in [0.1, 0.15) is 118 Å². The van der Waals surface area contributed by atoms with Crippen molar-refractivity contribution in [2.75, 3.05) is 26.2 Å². The van der Waals surface area contributed by atoms with E-state index in [1.807, 2.05) is 13.8 Å². The molecule has 0 saturated heterocycles. The zero-order valence-corrected chi connectivity index (χ0v) is 28.7. The van der Waals surface area contributed by atoms with E-state index < -0.39 is 16.5 Å². The lowest BCUT2D eigenvalue weighted by Crippen LogP contribution is -2.59. The Hall–Kier alpha value is -0.290. The summed E-state index contributed by atoms with van der Waals surface area (Å²) in [5, 5.41) is 19.2. The topological polar surface area (TPSA) is 134 Å². The summed E-state index contributed by atoms with van der Waals surface area (Å²) in [6, 6.07) is 0.573. The first kappa shape index (κ1) is 35.6. The molecular formula is C34H65N3O5S. The predicted octanol–water partition coefficient (Wildman–Crippen LogP) is 5.55. The van der Waals surface area contributed by atoms with E-state index in [0.717, 1.165) is 58.3 Å². The minimum atomic E-state index is -4.45. The van der Waals surface area contributed by atoms with Crippen molar-refractivity contribution in [3.63, 3.8) is 0 Å². The second-order valence-corrected chi connectivity index (χ2v) is 17.0. The number of nitrogens with one attached hydrogen (secondary N) is 2. The lowest BCUT2D eigenvalue weighted by molar-refractivity contribution is -0.167. The van der Waals surface area contributed by atoms with Crippen LogP contribution in [0.5, 0.6) is 0 Å². The van der Waals surface area contributed by atoms with Gasteiger partial charge in [0.1, 0.15) is 0 Å². The van der Waals surface area contributed by atoms with E-state index in [9.17, 15) is 18.1 Å². The number of nitrogens with two attached hydrogens (primary N) is 1. The van der Waals surface area contributed by atoms with Gasteiger partial charge in [-0.25, -0.2) is 4.18 Å². The Morgan fingerprint density at radius 3 is 2.30 bits per heavy atom. The third kappa shape index (κ3) is 8.36. The highest BCUT2D eigenvalue weighted by Gasteiger charge is 2.62. The summed E-state index contributed by atoms with van der Waals surface area (Å²) in [6.45, 7) is 15.3. The average Bonchev–Trinajstić information content (AvgIpc) is 3.29. The van der Waals surface area contributed by atoms with Crippen molar-refractivity contribution in [2.24, 2.45) is 58.0 Å². The molecule has 43 heavy (non-hydrogen) atoms. The monoisotopic (exact) mass is 627 g/mol. The van der Waals surface area contributed by atoms with Crippen LogP contribution >= 0.6 is 0 Å². The van der Waals surface area contributed by atoms with E-state index in [0.29, 0.717) is 53.4 Å². The number of hydrogen-bond donors (Lipinski definition) is 5. The van der Waals surface area contributed by atoms with Gasteiger partial charge in [0, 0.05) is 6.04 Å². The summed E-state index contributed by atoms with van der Waals surface area (Å²) in [7, 11) is -4.45. The number of fused-ring (bicyclic) bond motifs is 5. The summed E-state index contributed by atoms with van der Waals surface area (Å²) in [4.78, 5) is 0. The Bertz CT molecular complexity index is 981. The fraction of sp³-hybridized carbons (Fsp3) is 1.00. The molecule has 8 nitrogen and oxygen atoms in total. The molecule has 0 aliphatic heterocycles. The number of aliphatic hydroxyl groups excluding tert-OH is 1. The molecule has 0 aromatic rings. The quantitative estimate of drug-likeness (QED) is 0.111. The number of aliphatic hydroxyl groups is 1. The second-order valence-electron chi connectivity index (χ2n) is 15.9. The molecule has 4 fully saturated rings. The van der Waals surface area contributed by atoms with E-state index in [2.05, 4.69) is 31.4 Å². The Morgan fingerprint density at radius 1 is 0.907 bits per heavy atom. The van der Waals surface area contributed by atoms with Gasteiger partial charge in [-0.05, 0) is 162 Å². The van der Waals surface area contributed by atoms with Gasteiger partial charge >= 0.3 is 10.4 Å². The van der Waals surface area contributed by atoms with Gasteiger partial charge in [0.25, 0.3) is 0 Å². The number of rotatable bonds is 16. The fourth-order valence-electron chi connectivity index (χ4n) is 10.7. The molecule has 6 N–H and O–H groups in total. The van der Waals surface area contributed by atoms with Gasteiger partial charge in [0.2, 0.25) is 0 Å². The van der Waals surface area contributed by atoms with Crippen LogP contribution in [0.25, 0.3) is 0 Å². The van der Waals surface area contributed by atoms with E-state index >= 15 is 0 Å². The third-order valence-electron chi connectivity index (χ3n) is 13.1. The summed E-state index contributed by atoms with van der Waals surface area (Å²) in [5.41, 5.74) is 6.13. The minimum absolute atomic E-state index is 0.0152. The standard InChI is InChI=1S/C34H65N3O5S/c1-23(2)31(42-43(39,40)41)12-9-24(3)27-10-11-28-32-29(14-16-34(27,28)5)33(4)15-13-26(21-25(33)22-30(32)38)37-20-8-19-36-18-7-6-17-35/h23-32,36-38H,6-22,35H2,1-5H3,(H,39,40,41)/t24-,25-,26+,27-,28+,29?,30-,31+,32?,33+,34-/m1/s1. The van der Waals surface area contributed by atoms with Gasteiger partial charge in [-0.2, -0.15) is 8.42 Å². The van der Waals surface area contributed by atoms with Crippen molar-refractivity contribution >= 4 is 10.4 Å². The molecule has 4 aliphatic carbocycles. The SMILES string of the molecule is CC(C)[C@H](CC[C@@H](C)[C@H]1CC[C@H]2C3C(CC[C@]12C)[C@@]1(C)CC[C@H](NCCCNCCCCN)C[C@@H]1C[C@H]3O)OS(=O)(=O)O. The van der Waals surface area contributed by atoms with E-state index in [1.54, 1.807) is 0 Å². The van der Waals surface area contributed by atoms with Crippen LogP contribution in [0.2, 0.25) is 0 Å². The maximum atomic E-state index is 11.8. The summed E-state index contributed by atoms with van der Waals surface area (Å²) in [5.74, 6) is 3.21. The van der Waals surface area contributed by atoms with Gasteiger partial charge in [-0.3, -0.25) is 4.55 Å². The maximum absolute atomic E-state index is 11.8. The number of unbranched alkanes of at least 4 members (excludes halogenated alkanes) is 1. The molecule has 0 aromatic carbocycles. The number of hydrogen-bond acceptors (Lipinski definition) is 7. The maximum Gasteiger partial charge on any atom is 0.397 e. The van der Waals surface area contributed by atoms with E-state index in [4.69, 9.17) is 9.92 Å². The normalized spacial score (nSPS) is 39.2. The smallest absolute Gasteiger partial charge is 0.393 e. The molecule has 4 rings (SSSR count). The molecule has 0 heterocycles. The van der Waals surface area contributed by atoms with Gasteiger partial charge < -0.3 is 21.5 Å². The minimum Gasteiger partial charge on any atom is -0.393 e. The zero-order valence-electron chi connectivity index (χ0n) is 27.9. The highest BCUT2D eigenvalue weighted by molar-refractivity contribution is 7.80. The second kappa shape index (κ2) is 15.1. The van der Waals surface area contributed by atoms with Gasteiger partial charge in [0.05, 0.1) is 12.2 Å². The first-order valence-electron chi connectivity index (χ1n) is 17.8. The zero-order chi connectivity index (χ0) is 31.4. The average molecular weight is 628 g/mol. The van der Waals surface area contributed by atoms with Crippen molar-refractivity contribution in [3.8, 4) is 0 Å². The first-order valence-corrected chi connectivity index (χ1v) is 19.1. The Morgan fingerprint density at radius 2 is 1.60 bits per heavy atom. The van der Waals surface area contributed by atoms with Crippen molar-refractivity contribution in [1.82, 2.24) is 10.6 Å². The highest BCUT2D eigenvalue weighted by atomic mass is 32.3. The Balaban J connectivity index is 1.32. The third-order valence-corrected chi connectivity index (χ3v) is 13.6. The molecule has 2 unspecified atom stereocenters.